The molecule has 5 nitrogen and oxygen atoms in total. The summed E-state index contributed by atoms with van der Waals surface area (Å²) in [6.07, 6.45) is 8.53. The third-order valence-electron chi connectivity index (χ3n) is 8.36. The molecule has 2 fully saturated rings. The highest BCUT2D eigenvalue weighted by molar-refractivity contribution is 5.69. The van der Waals surface area contributed by atoms with Crippen molar-refractivity contribution in [2.45, 2.75) is 104 Å². The van der Waals surface area contributed by atoms with Crippen molar-refractivity contribution in [3.63, 3.8) is 0 Å². The molecule has 5 atom stereocenters. The van der Waals surface area contributed by atoms with Gasteiger partial charge in [0.1, 0.15) is 0 Å². The lowest BCUT2D eigenvalue weighted by atomic mass is 9.46. The van der Waals surface area contributed by atoms with Crippen LogP contribution in [0.25, 0.3) is 0 Å². The molecule has 1 aliphatic heterocycles. The molecular formula is C25H40O5. The number of carbonyl (C=O) groups excluding carboxylic acids is 1. The Morgan fingerprint density at radius 2 is 1.90 bits per heavy atom. The largest absolute Gasteiger partial charge is 0.481 e. The highest BCUT2D eigenvalue weighted by atomic mass is 16.5. The molecular weight excluding hydrogens is 380 g/mol. The van der Waals surface area contributed by atoms with E-state index < -0.39 is 17.2 Å². The molecule has 3 aliphatic rings. The van der Waals surface area contributed by atoms with Crippen molar-refractivity contribution >= 4 is 11.9 Å². The number of carboxylic acids is 1. The van der Waals surface area contributed by atoms with Gasteiger partial charge in [-0.3, -0.25) is 9.59 Å². The first-order chi connectivity index (χ1) is 13.9. The second-order valence-corrected chi connectivity index (χ2v) is 11.3. The van der Waals surface area contributed by atoms with Crippen LogP contribution in [0, 0.1) is 22.7 Å². The first kappa shape index (κ1) is 23.3. The second-order valence-electron chi connectivity index (χ2n) is 11.3. The summed E-state index contributed by atoms with van der Waals surface area (Å²) in [7, 11) is 0. The first-order valence-electron chi connectivity index (χ1n) is 11.6. The van der Waals surface area contributed by atoms with E-state index in [0.29, 0.717) is 24.9 Å². The molecule has 0 aromatic rings. The highest BCUT2D eigenvalue weighted by Crippen LogP contribution is 2.66. The van der Waals surface area contributed by atoms with Crippen molar-refractivity contribution in [2.24, 2.45) is 22.7 Å². The Morgan fingerprint density at radius 1 is 1.20 bits per heavy atom. The number of aliphatic carboxylic acids is 1. The van der Waals surface area contributed by atoms with E-state index in [2.05, 4.69) is 26.8 Å². The van der Waals surface area contributed by atoms with Crippen LogP contribution in [0.5, 0.6) is 0 Å². The summed E-state index contributed by atoms with van der Waals surface area (Å²) < 4.78 is 12.6. The molecule has 1 spiro atoms. The molecule has 2 aliphatic carbocycles. The number of ether oxygens (including phenoxy) is 2. The van der Waals surface area contributed by atoms with Crippen LogP contribution in [-0.4, -0.2) is 34.9 Å². The van der Waals surface area contributed by atoms with Crippen molar-refractivity contribution in [1.29, 1.82) is 0 Å². The quantitative estimate of drug-likeness (QED) is 0.452. The van der Waals surface area contributed by atoms with Gasteiger partial charge >= 0.3 is 11.9 Å². The maximum absolute atomic E-state index is 12.3. The van der Waals surface area contributed by atoms with Gasteiger partial charge in [0.15, 0.2) is 0 Å². The fourth-order valence-corrected chi connectivity index (χ4v) is 6.81. The predicted molar refractivity (Wildman–Crippen MR) is 116 cm³/mol. The summed E-state index contributed by atoms with van der Waals surface area (Å²) in [6.45, 7) is 13.2. The molecule has 0 radical (unpaired) electrons. The van der Waals surface area contributed by atoms with E-state index in [1.807, 2.05) is 20.8 Å². The Hall–Kier alpha value is -1.36. The van der Waals surface area contributed by atoms with Gasteiger partial charge in [0.2, 0.25) is 0 Å². The number of fused-ring (bicyclic) bond motifs is 2. The van der Waals surface area contributed by atoms with Gasteiger partial charge in [-0.1, -0.05) is 40.2 Å². The SMILES string of the molecule is CC1=CC[C@H]2[C@](C)(COC(=O)CC(C)C)CCC[C@]2(C)[C@@]12CC[C@@](C)(CC(=O)O)O2. The number of rotatable bonds is 6. The van der Waals surface area contributed by atoms with Crippen LogP contribution < -0.4 is 0 Å². The lowest BCUT2D eigenvalue weighted by Crippen LogP contribution is -2.60. The summed E-state index contributed by atoms with van der Waals surface area (Å²) in [4.78, 5) is 23.7. The molecule has 5 heteroatoms. The smallest absolute Gasteiger partial charge is 0.306 e. The number of carbonyl (C=O) groups is 2. The van der Waals surface area contributed by atoms with Gasteiger partial charge in [0.05, 0.1) is 24.2 Å². The van der Waals surface area contributed by atoms with Gasteiger partial charge in [0, 0.05) is 17.3 Å². The Kier molecular flexibility index (Phi) is 6.18. The van der Waals surface area contributed by atoms with Crippen molar-refractivity contribution in [1.82, 2.24) is 0 Å². The lowest BCUT2D eigenvalue weighted by Gasteiger charge is -2.61. The van der Waals surface area contributed by atoms with Gasteiger partial charge in [-0.05, 0) is 63.4 Å². The van der Waals surface area contributed by atoms with Crippen LogP contribution in [0.3, 0.4) is 0 Å². The molecule has 170 valence electrons. The summed E-state index contributed by atoms with van der Waals surface area (Å²) >= 11 is 0. The minimum Gasteiger partial charge on any atom is -0.481 e. The normalized spacial score (nSPS) is 40.9. The molecule has 0 aromatic carbocycles. The molecule has 0 amide bonds. The number of carboxylic acid groups (broad SMARTS) is 1. The fourth-order valence-electron chi connectivity index (χ4n) is 6.81. The monoisotopic (exact) mass is 420 g/mol. The average molecular weight is 421 g/mol. The Balaban J connectivity index is 1.88. The van der Waals surface area contributed by atoms with E-state index in [1.54, 1.807) is 0 Å². The maximum atomic E-state index is 12.3. The van der Waals surface area contributed by atoms with E-state index in [1.165, 1.54) is 5.57 Å². The van der Waals surface area contributed by atoms with Crippen molar-refractivity contribution in [3.05, 3.63) is 11.6 Å². The lowest BCUT2D eigenvalue weighted by molar-refractivity contribution is -0.201. The summed E-state index contributed by atoms with van der Waals surface area (Å²) in [5, 5.41) is 9.41. The molecule has 3 rings (SSSR count). The standard InChI is InChI=1S/C25H40O5/c1-17(2)14-21(28)29-16-22(4)10-7-11-24(6)19(22)9-8-18(3)25(24)13-12-23(5,30-25)15-20(26)27/h8,17,19H,7,9-16H2,1-6H3,(H,26,27)/t19-,22-,23-,24-,25+/m0/s1. The highest BCUT2D eigenvalue weighted by Gasteiger charge is 2.65. The fraction of sp³-hybridized carbons (Fsp3) is 0.840. The van der Waals surface area contributed by atoms with Gasteiger partial charge in [-0.2, -0.15) is 0 Å². The van der Waals surface area contributed by atoms with E-state index in [9.17, 15) is 14.7 Å². The van der Waals surface area contributed by atoms with Gasteiger partial charge in [-0.25, -0.2) is 0 Å². The van der Waals surface area contributed by atoms with Crippen molar-refractivity contribution < 1.29 is 24.2 Å². The summed E-state index contributed by atoms with van der Waals surface area (Å²) in [6, 6.07) is 0. The Labute approximate surface area is 181 Å². The van der Waals surface area contributed by atoms with Gasteiger partial charge < -0.3 is 14.6 Å². The summed E-state index contributed by atoms with van der Waals surface area (Å²) in [5.74, 6) is -0.285. The third kappa shape index (κ3) is 3.94. The van der Waals surface area contributed by atoms with Gasteiger partial charge in [-0.15, -0.1) is 0 Å². The van der Waals surface area contributed by atoms with Crippen LogP contribution in [0.2, 0.25) is 0 Å². The first-order valence-corrected chi connectivity index (χ1v) is 11.6. The van der Waals surface area contributed by atoms with Gasteiger partial charge in [0.25, 0.3) is 0 Å². The minimum absolute atomic E-state index is 0.0346. The second kappa shape index (κ2) is 7.96. The molecule has 1 N–H and O–H groups in total. The van der Waals surface area contributed by atoms with Crippen LogP contribution in [0.15, 0.2) is 11.6 Å². The molecule has 30 heavy (non-hydrogen) atoms. The van der Waals surface area contributed by atoms with E-state index in [0.717, 1.165) is 38.5 Å². The molecule has 1 saturated heterocycles. The Morgan fingerprint density at radius 3 is 2.53 bits per heavy atom. The molecule has 1 saturated carbocycles. The average Bonchev–Trinajstić information content (AvgIpc) is 2.96. The zero-order valence-electron chi connectivity index (χ0n) is 19.7. The third-order valence-corrected chi connectivity index (χ3v) is 8.36. The number of hydrogen-bond acceptors (Lipinski definition) is 4. The number of esters is 1. The number of hydrogen-bond donors (Lipinski definition) is 1. The predicted octanol–water partition coefficient (Wildman–Crippen LogP) is 5.52. The summed E-state index contributed by atoms with van der Waals surface area (Å²) in [5.41, 5.74) is -0.0116. The van der Waals surface area contributed by atoms with Crippen LogP contribution in [0.4, 0.5) is 0 Å². The molecule has 0 aromatic heterocycles. The maximum Gasteiger partial charge on any atom is 0.306 e. The molecule has 0 unspecified atom stereocenters. The zero-order chi connectivity index (χ0) is 22.4. The van der Waals surface area contributed by atoms with Crippen LogP contribution in [-0.2, 0) is 19.1 Å². The Bertz CT molecular complexity index is 727. The number of allylic oxidation sites excluding steroid dienone is 1. The van der Waals surface area contributed by atoms with E-state index in [-0.39, 0.29) is 23.2 Å². The molecule has 1 heterocycles. The molecule has 0 bridgehead atoms. The zero-order valence-corrected chi connectivity index (χ0v) is 19.7. The van der Waals surface area contributed by atoms with Crippen LogP contribution in [0.1, 0.15) is 92.9 Å². The van der Waals surface area contributed by atoms with Crippen molar-refractivity contribution in [3.8, 4) is 0 Å². The minimum atomic E-state index is -0.806. The van der Waals surface area contributed by atoms with E-state index >= 15 is 0 Å². The van der Waals surface area contributed by atoms with Crippen LogP contribution >= 0.6 is 0 Å². The van der Waals surface area contributed by atoms with Crippen molar-refractivity contribution in [2.75, 3.05) is 6.61 Å². The van der Waals surface area contributed by atoms with E-state index in [4.69, 9.17) is 9.47 Å². The topological polar surface area (TPSA) is 72.8 Å².